The molecule has 1 rings (SSSR count). The van der Waals surface area contributed by atoms with Crippen molar-refractivity contribution >= 4 is 11.8 Å². The fourth-order valence-corrected chi connectivity index (χ4v) is 4.41. The first-order valence-electron chi connectivity index (χ1n) is 8.27. The zero-order valence-corrected chi connectivity index (χ0v) is 16.3. The van der Waals surface area contributed by atoms with Crippen molar-refractivity contribution in [2.24, 2.45) is 16.6 Å². The van der Waals surface area contributed by atoms with Crippen molar-refractivity contribution in [2.45, 2.75) is 75.2 Å². The number of rotatable bonds is 2. The summed E-state index contributed by atoms with van der Waals surface area (Å²) < 4.78 is 0. The molecular formula is C18H39NS. The van der Waals surface area contributed by atoms with Crippen LogP contribution in [-0.2, 0) is 0 Å². The molecule has 1 nitrogen and oxygen atoms in total. The Morgan fingerprint density at radius 2 is 1.10 bits per heavy atom. The van der Waals surface area contributed by atoms with Crippen molar-refractivity contribution in [3.05, 3.63) is 11.1 Å². The lowest BCUT2D eigenvalue weighted by Gasteiger charge is -2.32. The molecule has 0 fully saturated rings. The molecule has 2 N–H and O–H groups in total. The standard InChI is InChI=1S/C14H26S.C2H7N.C2H6/c1-7-11-12(8-2)14(5,6)10-15-9-13(11,3)4;1-2-3;1-2/h7-10H2,1-6H3;2-3H2,1H3;1-2H3. The van der Waals surface area contributed by atoms with E-state index in [1.165, 1.54) is 24.3 Å². The van der Waals surface area contributed by atoms with E-state index in [1.807, 2.05) is 20.8 Å². The van der Waals surface area contributed by atoms with Crippen LogP contribution in [0.2, 0.25) is 0 Å². The van der Waals surface area contributed by atoms with Gasteiger partial charge in [0, 0.05) is 11.5 Å². The number of nitrogens with two attached hydrogens (primary N) is 1. The van der Waals surface area contributed by atoms with Gasteiger partial charge in [-0.05, 0) is 30.2 Å². The van der Waals surface area contributed by atoms with E-state index < -0.39 is 0 Å². The van der Waals surface area contributed by atoms with Crippen LogP contribution in [0.4, 0.5) is 0 Å². The van der Waals surface area contributed by atoms with E-state index in [-0.39, 0.29) is 0 Å². The maximum Gasteiger partial charge on any atom is 0.00217 e. The summed E-state index contributed by atoms with van der Waals surface area (Å²) in [6, 6.07) is 0. The zero-order valence-electron chi connectivity index (χ0n) is 15.5. The highest BCUT2D eigenvalue weighted by molar-refractivity contribution is 7.99. The van der Waals surface area contributed by atoms with E-state index in [1.54, 1.807) is 11.1 Å². The molecule has 0 aliphatic carbocycles. The molecule has 0 aromatic rings. The van der Waals surface area contributed by atoms with Crippen molar-refractivity contribution in [3.8, 4) is 0 Å². The van der Waals surface area contributed by atoms with E-state index in [9.17, 15) is 0 Å². The minimum Gasteiger partial charge on any atom is -0.331 e. The van der Waals surface area contributed by atoms with Crippen LogP contribution >= 0.6 is 11.8 Å². The Labute approximate surface area is 133 Å². The number of thioether (sulfide) groups is 1. The second-order valence-corrected chi connectivity index (χ2v) is 7.32. The van der Waals surface area contributed by atoms with Gasteiger partial charge in [-0.3, -0.25) is 0 Å². The average molecular weight is 302 g/mol. The molecule has 1 aliphatic heterocycles. The number of hydrogen-bond donors (Lipinski definition) is 1. The third-order valence-corrected chi connectivity index (χ3v) is 5.48. The fraction of sp³-hybridized carbons (Fsp3) is 0.889. The third kappa shape index (κ3) is 6.67. The molecule has 0 saturated carbocycles. The van der Waals surface area contributed by atoms with Crippen molar-refractivity contribution < 1.29 is 0 Å². The van der Waals surface area contributed by atoms with Gasteiger partial charge in [0.05, 0.1) is 0 Å². The summed E-state index contributed by atoms with van der Waals surface area (Å²) in [4.78, 5) is 0. The normalized spacial score (nSPS) is 20.1. The van der Waals surface area contributed by atoms with Crippen LogP contribution in [0, 0.1) is 10.8 Å². The third-order valence-electron chi connectivity index (χ3n) is 3.63. The van der Waals surface area contributed by atoms with Crippen molar-refractivity contribution in [1.29, 1.82) is 0 Å². The Balaban J connectivity index is 0. The first-order chi connectivity index (χ1) is 9.26. The molecule has 0 radical (unpaired) electrons. The molecule has 1 aliphatic rings. The van der Waals surface area contributed by atoms with Crippen LogP contribution in [0.15, 0.2) is 11.1 Å². The maximum atomic E-state index is 4.85. The molecular weight excluding hydrogens is 262 g/mol. The van der Waals surface area contributed by atoms with Gasteiger partial charge in [0.25, 0.3) is 0 Å². The second-order valence-electron chi connectivity index (χ2n) is 6.33. The smallest absolute Gasteiger partial charge is 0.00217 e. The van der Waals surface area contributed by atoms with Gasteiger partial charge in [-0.25, -0.2) is 0 Å². The molecule has 20 heavy (non-hydrogen) atoms. The molecule has 0 amide bonds. The summed E-state index contributed by atoms with van der Waals surface area (Å²) in [5.74, 6) is 2.56. The summed E-state index contributed by atoms with van der Waals surface area (Å²) >= 11 is 2.13. The zero-order chi connectivity index (χ0) is 16.4. The Morgan fingerprint density at radius 1 is 0.850 bits per heavy atom. The Bertz CT molecular complexity index is 251. The number of hydrogen-bond acceptors (Lipinski definition) is 2. The Kier molecular flexibility index (Phi) is 12.0. The Hall–Kier alpha value is 0.0500. The SMILES string of the molecule is CC.CCC1=C(CC)C(C)(C)CSCC1(C)C.CCN. The lowest BCUT2D eigenvalue weighted by atomic mass is 9.73. The first-order valence-corrected chi connectivity index (χ1v) is 9.43. The van der Waals surface area contributed by atoms with Gasteiger partial charge in [-0.1, -0.05) is 73.5 Å². The van der Waals surface area contributed by atoms with E-state index in [4.69, 9.17) is 5.73 Å². The van der Waals surface area contributed by atoms with Crippen LogP contribution in [0.5, 0.6) is 0 Å². The summed E-state index contributed by atoms with van der Waals surface area (Å²) in [5.41, 5.74) is 9.09. The highest BCUT2D eigenvalue weighted by Crippen LogP contribution is 2.46. The van der Waals surface area contributed by atoms with E-state index >= 15 is 0 Å². The molecule has 0 spiro atoms. The van der Waals surface area contributed by atoms with Crippen molar-refractivity contribution in [1.82, 2.24) is 0 Å². The fourth-order valence-electron chi connectivity index (χ4n) is 2.94. The monoisotopic (exact) mass is 301 g/mol. The van der Waals surface area contributed by atoms with Crippen LogP contribution in [0.25, 0.3) is 0 Å². The minimum atomic E-state index is 0.401. The predicted octanol–water partition coefficient (Wildman–Crippen LogP) is 5.89. The van der Waals surface area contributed by atoms with Crippen LogP contribution in [0.3, 0.4) is 0 Å². The quantitative estimate of drug-likeness (QED) is 0.643. The van der Waals surface area contributed by atoms with Gasteiger partial charge in [0.15, 0.2) is 0 Å². The van der Waals surface area contributed by atoms with Crippen LogP contribution < -0.4 is 5.73 Å². The highest BCUT2D eigenvalue weighted by atomic mass is 32.2. The van der Waals surface area contributed by atoms with E-state index in [0.717, 1.165) is 6.54 Å². The first kappa shape index (κ1) is 22.3. The summed E-state index contributed by atoms with van der Waals surface area (Å²) in [5, 5.41) is 0. The Morgan fingerprint density at radius 3 is 1.30 bits per heavy atom. The van der Waals surface area contributed by atoms with Gasteiger partial charge >= 0.3 is 0 Å². The summed E-state index contributed by atoms with van der Waals surface area (Å²) in [6.07, 6.45) is 2.44. The molecule has 0 bridgehead atoms. The summed E-state index contributed by atoms with van der Waals surface area (Å²) in [6.45, 7) is 20.9. The van der Waals surface area contributed by atoms with E-state index in [0.29, 0.717) is 10.8 Å². The molecule has 0 atom stereocenters. The maximum absolute atomic E-state index is 4.85. The number of allylic oxidation sites excluding steroid dienone is 2. The average Bonchev–Trinajstić information content (AvgIpc) is 2.45. The van der Waals surface area contributed by atoms with E-state index in [2.05, 4.69) is 53.3 Å². The summed E-state index contributed by atoms with van der Waals surface area (Å²) in [7, 11) is 0. The van der Waals surface area contributed by atoms with Gasteiger partial charge < -0.3 is 5.73 Å². The van der Waals surface area contributed by atoms with Gasteiger partial charge in [0.2, 0.25) is 0 Å². The largest absolute Gasteiger partial charge is 0.331 e. The van der Waals surface area contributed by atoms with Gasteiger partial charge in [0.1, 0.15) is 0 Å². The van der Waals surface area contributed by atoms with Crippen molar-refractivity contribution in [3.63, 3.8) is 0 Å². The highest BCUT2D eigenvalue weighted by Gasteiger charge is 2.34. The molecule has 2 heteroatoms. The van der Waals surface area contributed by atoms with Crippen molar-refractivity contribution in [2.75, 3.05) is 18.1 Å². The predicted molar refractivity (Wildman–Crippen MR) is 98.6 cm³/mol. The van der Waals surface area contributed by atoms with Crippen LogP contribution in [0.1, 0.15) is 75.2 Å². The van der Waals surface area contributed by atoms with Gasteiger partial charge in [-0.2, -0.15) is 11.8 Å². The molecule has 0 aromatic heterocycles. The molecule has 0 aromatic carbocycles. The molecule has 0 unspecified atom stereocenters. The minimum absolute atomic E-state index is 0.401. The van der Waals surface area contributed by atoms with Gasteiger partial charge in [-0.15, -0.1) is 0 Å². The topological polar surface area (TPSA) is 26.0 Å². The molecule has 122 valence electrons. The molecule has 0 saturated heterocycles. The lowest BCUT2D eigenvalue weighted by molar-refractivity contribution is 0.448. The lowest BCUT2D eigenvalue weighted by Crippen LogP contribution is -2.21. The second kappa shape index (κ2) is 10.7. The molecule has 1 heterocycles. The van der Waals surface area contributed by atoms with Crippen LogP contribution in [-0.4, -0.2) is 18.1 Å².